The van der Waals surface area contributed by atoms with Gasteiger partial charge in [0.05, 0.1) is 12.6 Å². The number of benzene rings is 1. The van der Waals surface area contributed by atoms with E-state index in [0.717, 1.165) is 18.2 Å². The van der Waals surface area contributed by atoms with Gasteiger partial charge in [0.15, 0.2) is 0 Å². The van der Waals surface area contributed by atoms with Crippen molar-refractivity contribution >= 4 is 30.1 Å². The van der Waals surface area contributed by atoms with Crippen molar-refractivity contribution < 1.29 is 32.2 Å². The number of hydrogen-bond acceptors (Lipinski definition) is 5. The summed E-state index contributed by atoms with van der Waals surface area (Å²) in [4.78, 5) is 11.0. The van der Waals surface area contributed by atoms with Crippen LogP contribution in [0.2, 0.25) is 0 Å². The SMILES string of the molecule is CCOC(=O)C(F)[C@@H](N)c1cc(SC(F)(F)F)ccc1O.Cl. The van der Waals surface area contributed by atoms with Crippen LogP contribution < -0.4 is 5.73 Å². The minimum atomic E-state index is -4.53. The average molecular weight is 364 g/mol. The second-order valence-corrected chi connectivity index (χ2v) is 5.09. The smallest absolute Gasteiger partial charge is 0.446 e. The Labute approximate surface area is 134 Å². The Morgan fingerprint density at radius 2 is 2.05 bits per heavy atom. The van der Waals surface area contributed by atoms with E-state index in [0.29, 0.717) is 0 Å². The van der Waals surface area contributed by atoms with Gasteiger partial charge >= 0.3 is 11.5 Å². The molecule has 0 bridgehead atoms. The number of alkyl halides is 4. The Morgan fingerprint density at radius 1 is 1.45 bits per heavy atom. The van der Waals surface area contributed by atoms with E-state index >= 15 is 0 Å². The van der Waals surface area contributed by atoms with Gasteiger partial charge in [0.1, 0.15) is 5.75 Å². The Morgan fingerprint density at radius 3 is 2.55 bits per heavy atom. The first-order valence-corrected chi connectivity index (χ1v) is 6.62. The fourth-order valence-corrected chi connectivity index (χ4v) is 2.11. The highest BCUT2D eigenvalue weighted by Gasteiger charge is 2.32. The van der Waals surface area contributed by atoms with Gasteiger partial charge in [-0.25, -0.2) is 9.18 Å². The number of thioether (sulfide) groups is 1. The van der Waals surface area contributed by atoms with Crippen LogP contribution in [0.1, 0.15) is 18.5 Å². The maximum Gasteiger partial charge on any atom is 0.446 e. The molecule has 0 aromatic heterocycles. The van der Waals surface area contributed by atoms with Crippen LogP contribution in [-0.2, 0) is 9.53 Å². The quantitative estimate of drug-likeness (QED) is 0.477. The molecule has 0 aliphatic heterocycles. The van der Waals surface area contributed by atoms with E-state index < -0.39 is 41.2 Å². The number of phenolic OH excluding ortho intramolecular Hbond substituents is 1. The zero-order chi connectivity index (χ0) is 16.2. The summed E-state index contributed by atoms with van der Waals surface area (Å²) < 4.78 is 55.1. The van der Waals surface area contributed by atoms with Gasteiger partial charge in [0, 0.05) is 10.5 Å². The molecular weight excluding hydrogens is 350 g/mol. The van der Waals surface area contributed by atoms with Gasteiger partial charge in [0.25, 0.3) is 0 Å². The highest BCUT2D eigenvalue weighted by Crippen LogP contribution is 2.39. The zero-order valence-electron chi connectivity index (χ0n) is 11.3. The number of phenols is 1. The molecule has 3 N–H and O–H groups in total. The summed E-state index contributed by atoms with van der Waals surface area (Å²) in [5, 5.41) is 9.57. The number of nitrogens with two attached hydrogens (primary N) is 1. The second-order valence-electron chi connectivity index (χ2n) is 3.95. The second kappa shape index (κ2) is 8.44. The van der Waals surface area contributed by atoms with Crippen molar-refractivity contribution in [1.82, 2.24) is 0 Å². The molecule has 126 valence electrons. The van der Waals surface area contributed by atoms with E-state index in [1.54, 1.807) is 0 Å². The number of rotatable bonds is 5. The minimum Gasteiger partial charge on any atom is -0.508 e. The van der Waals surface area contributed by atoms with Crippen LogP contribution in [0.5, 0.6) is 5.75 Å². The summed E-state index contributed by atoms with van der Waals surface area (Å²) >= 11 is -0.434. The first-order chi connectivity index (χ1) is 9.65. The number of halogens is 5. The lowest BCUT2D eigenvalue weighted by atomic mass is 10.0. The Bertz CT molecular complexity index is 516. The molecule has 0 radical (unpaired) electrons. The highest BCUT2D eigenvalue weighted by molar-refractivity contribution is 8.00. The van der Waals surface area contributed by atoms with Crippen molar-refractivity contribution in [2.75, 3.05) is 6.61 Å². The zero-order valence-corrected chi connectivity index (χ0v) is 12.9. The van der Waals surface area contributed by atoms with E-state index in [4.69, 9.17) is 5.73 Å². The lowest BCUT2D eigenvalue weighted by Gasteiger charge is -2.18. The molecule has 0 saturated heterocycles. The van der Waals surface area contributed by atoms with Crippen LogP contribution in [0.25, 0.3) is 0 Å². The monoisotopic (exact) mass is 363 g/mol. The molecule has 0 amide bonds. The number of carbonyl (C=O) groups is 1. The summed E-state index contributed by atoms with van der Waals surface area (Å²) in [6.45, 7) is 1.40. The summed E-state index contributed by atoms with van der Waals surface area (Å²) in [7, 11) is 0. The largest absolute Gasteiger partial charge is 0.508 e. The lowest BCUT2D eigenvalue weighted by molar-refractivity contribution is -0.149. The fourth-order valence-electron chi connectivity index (χ4n) is 1.52. The van der Waals surface area contributed by atoms with Crippen LogP contribution in [0, 0.1) is 0 Å². The molecule has 1 aromatic rings. The van der Waals surface area contributed by atoms with Crippen molar-refractivity contribution in [3.8, 4) is 5.75 Å². The molecule has 10 heteroatoms. The van der Waals surface area contributed by atoms with Crippen LogP contribution in [0.15, 0.2) is 23.1 Å². The van der Waals surface area contributed by atoms with Gasteiger partial charge in [-0.1, -0.05) is 0 Å². The highest BCUT2D eigenvalue weighted by atomic mass is 35.5. The van der Waals surface area contributed by atoms with E-state index in [2.05, 4.69) is 4.74 Å². The number of carbonyl (C=O) groups excluding carboxylic acids is 1. The Kier molecular flexibility index (Phi) is 7.99. The molecule has 0 saturated carbocycles. The standard InChI is InChI=1S/C12H13F4NO3S.ClH/c1-2-20-11(19)9(13)10(17)7-5-6(3-4-8(7)18)21-12(14,15)16;/h3-5,9-10,18H,2,17H2,1H3;1H/t9?,10-;/m0./s1. The Hall–Kier alpha value is -1.19. The van der Waals surface area contributed by atoms with Gasteiger partial charge in [-0.05, 0) is 36.9 Å². The maximum absolute atomic E-state index is 13.8. The fraction of sp³-hybridized carbons (Fsp3) is 0.417. The number of ether oxygens (including phenoxy) is 1. The van der Waals surface area contributed by atoms with Crippen LogP contribution in [0.4, 0.5) is 17.6 Å². The molecule has 1 unspecified atom stereocenters. The van der Waals surface area contributed by atoms with Gasteiger partial charge in [-0.15, -0.1) is 12.4 Å². The molecule has 1 aromatic carbocycles. The first-order valence-electron chi connectivity index (χ1n) is 5.80. The van der Waals surface area contributed by atoms with Gasteiger partial charge in [0.2, 0.25) is 6.17 Å². The van der Waals surface area contributed by atoms with Crippen molar-refractivity contribution in [2.24, 2.45) is 5.73 Å². The third-order valence-corrected chi connectivity index (χ3v) is 3.14. The Balaban J connectivity index is 0.00000441. The maximum atomic E-state index is 13.8. The van der Waals surface area contributed by atoms with Gasteiger partial charge in [-0.3, -0.25) is 0 Å². The van der Waals surface area contributed by atoms with Crippen molar-refractivity contribution in [3.05, 3.63) is 23.8 Å². The van der Waals surface area contributed by atoms with Crippen molar-refractivity contribution in [3.63, 3.8) is 0 Å². The summed E-state index contributed by atoms with van der Waals surface area (Å²) in [5.41, 5.74) is 0.643. The normalized spacial score (nSPS) is 13.9. The van der Waals surface area contributed by atoms with Crippen LogP contribution in [-0.4, -0.2) is 29.4 Å². The van der Waals surface area contributed by atoms with E-state index in [9.17, 15) is 27.5 Å². The molecule has 2 atom stereocenters. The third kappa shape index (κ3) is 5.90. The predicted octanol–water partition coefficient (Wildman–Crippen LogP) is 3.33. The predicted molar refractivity (Wildman–Crippen MR) is 75.7 cm³/mol. The number of esters is 1. The molecule has 22 heavy (non-hydrogen) atoms. The van der Waals surface area contributed by atoms with Crippen LogP contribution in [0.3, 0.4) is 0 Å². The molecule has 1 rings (SSSR count). The molecule has 0 aliphatic carbocycles. The third-order valence-electron chi connectivity index (χ3n) is 2.42. The summed E-state index contributed by atoms with van der Waals surface area (Å²) in [5.74, 6) is -1.74. The molecular formula is C12H14ClF4NO3S. The molecule has 0 spiro atoms. The molecule has 4 nitrogen and oxygen atoms in total. The summed E-state index contributed by atoms with van der Waals surface area (Å²) in [6.07, 6.45) is -2.29. The topological polar surface area (TPSA) is 72.5 Å². The van der Waals surface area contributed by atoms with Gasteiger partial charge < -0.3 is 15.6 Å². The van der Waals surface area contributed by atoms with E-state index in [1.165, 1.54) is 6.92 Å². The molecule has 0 aliphatic rings. The van der Waals surface area contributed by atoms with E-state index in [1.807, 2.05) is 0 Å². The lowest BCUT2D eigenvalue weighted by Crippen LogP contribution is -2.31. The number of aromatic hydroxyl groups is 1. The molecule has 0 fully saturated rings. The van der Waals surface area contributed by atoms with Crippen molar-refractivity contribution in [2.45, 2.75) is 29.5 Å². The van der Waals surface area contributed by atoms with Crippen LogP contribution >= 0.6 is 24.2 Å². The van der Waals surface area contributed by atoms with E-state index in [-0.39, 0.29) is 29.5 Å². The minimum absolute atomic E-state index is 0. The van der Waals surface area contributed by atoms with Gasteiger partial charge in [-0.2, -0.15) is 13.2 Å². The number of hydrogen-bond donors (Lipinski definition) is 2. The van der Waals surface area contributed by atoms with Crippen molar-refractivity contribution in [1.29, 1.82) is 0 Å². The summed E-state index contributed by atoms with van der Waals surface area (Å²) in [6, 6.07) is 1.24. The average Bonchev–Trinajstić information content (AvgIpc) is 2.38. The first kappa shape index (κ1) is 20.8. The molecule has 0 heterocycles.